The summed E-state index contributed by atoms with van der Waals surface area (Å²) >= 11 is 0. The van der Waals surface area contributed by atoms with Crippen LogP contribution in [-0.2, 0) is 11.2 Å². The van der Waals surface area contributed by atoms with Gasteiger partial charge in [-0.1, -0.05) is 25.8 Å². The number of benzene rings is 2. The molecule has 2 aromatic rings. The molecule has 2 aromatic carbocycles. The molecule has 0 N–H and O–H groups in total. The fraction of sp³-hybridized carbons (Fsp3) is 0.517. The van der Waals surface area contributed by atoms with Crippen molar-refractivity contribution in [3.05, 3.63) is 64.2 Å². The van der Waals surface area contributed by atoms with E-state index in [1.807, 2.05) is 0 Å². The highest BCUT2D eigenvalue weighted by Gasteiger charge is 2.33. The molecule has 1 aliphatic carbocycles. The largest absolute Gasteiger partial charge is 0.493 e. The van der Waals surface area contributed by atoms with Gasteiger partial charge < -0.3 is 14.2 Å². The smallest absolute Gasteiger partial charge is 0.207 e. The Bertz CT molecular complexity index is 1120. The molecule has 5 rings (SSSR count). The van der Waals surface area contributed by atoms with Gasteiger partial charge in [-0.25, -0.2) is 4.39 Å². The van der Waals surface area contributed by atoms with Crippen molar-refractivity contribution in [3.63, 3.8) is 0 Å². The molecule has 1 saturated carbocycles. The zero-order valence-corrected chi connectivity index (χ0v) is 20.5. The second-order valence-corrected chi connectivity index (χ2v) is 10.0. The van der Waals surface area contributed by atoms with E-state index < -0.39 is 23.6 Å². The van der Waals surface area contributed by atoms with E-state index in [0.29, 0.717) is 23.5 Å². The van der Waals surface area contributed by atoms with E-state index in [2.05, 4.69) is 6.92 Å². The van der Waals surface area contributed by atoms with Gasteiger partial charge in [-0.2, -0.15) is 8.78 Å². The summed E-state index contributed by atoms with van der Waals surface area (Å²) in [5.41, 5.74) is 2.55. The highest BCUT2D eigenvalue weighted by atomic mass is 19.2. The first-order chi connectivity index (χ1) is 17.0. The molecule has 0 spiro atoms. The maximum Gasteiger partial charge on any atom is 0.207 e. The molecule has 3 aliphatic rings. The molecule has 1 fully saturated rings. The Morgan fingerprint density at radius 3 is 2.37 bits per heavy atom. The number of hydrogen-bond acceptors (Lipinski definition) is 3. The van der Waals surface area contributed by atoms with Gasteiger partial charge in [0, 0.05) is 23.1 Å². The maximum absolute atomic E-state index is 15.1. The van der Waals surface area contributed by atoms with Crippen LogP contribution in [0.2, 0.25) is 0 Å². The molecule has 2 heterocycles. The Kier molecular flexibility index (Phi) is 6.99. The van der Waals surface area contributed by atoms with Gasteiger partial charge in [0.05, 0.1) is 12.9 Å². The van der Waals surface area contributed by atoms with Crippen LogP contribution in [-0.4, -0.2) is 6.61 Å². The quantitative estimate of drug-likeness (QED) is 0.349. The highest BCUT2D eigenvalue weighted by molar-refractivity contribution is 5.55. The highest BCUT2D eigenvalue weighted by Crippen LogP contribution is 2.46. The van der Waals surface area contributed by atoms with Crippen molar-refractivity contribution in [2.24, 2.45) is 11.8 Å². The zero-order chi connectivity index (χ0) is 24.5. The van der Waals surface area contributed by atoms with Crippen molar-refractivity contribution < 1.29 is 27.4 Å². The number of hydrogen-bond donors (Lipinski definition) is 0. The maximum atomic E-state index is 15.1. The molecule has 6 heteroatoms. The number of halogens is 3. The van der Waals surface area contributed by atoms with Crippen LogP contribution in [0.4, 0.5) is 13.2 Å². The molecule has 0 radical (unpaired) electrons. The first kappa shape index (κ1) is 24.1. The first-order valence-electron chi connectivity index (χ1n) is 13.0. The fourth-order valence-electron chi connectivity index (χ4n) is 5.92. The van der Waals surface area contributed by atoms with Crippen LogP contribution < -0.4 is 9.47 Å². The molecule has 1 atom stereocenters. The summed E-state index contributed by atoms with van der Waals surface area (Å²) in [6.07, 6.45) is 10.4. The standard InChI is InChI=1S/C29H33F3O3/c1-3-5-17-6-8-18(9-7-17)20-11-12-23(34-16-20)22-15-21-14-19-10-13-24(33-4-2)26(31)28(19)35-29(21)27(32)25(22)30/h10,13,15-18,23H,3-9,11-12,14H2,1-2H3. The van der Waals surface area contributed by atoms with Crippen LogP contribution >= 0.6 is 0 Å². The Morgan fingerprint density at radius 1 is 0.914 bits per heavy atom. The summed E-state index contributed by atoms with van der Waals surface area (Å²) < 4.78 is 61.8. The first-order valence-corrected chi connectivity index (χ1v) is 13.0. The minimum Gasteiger partial charge on any atom is -0.493 e. The molecule has 0 amide bonds. The molecule has 0 bridgehead atoms. The summed E-state index contributed by atoms with van der Waals surface area (Å²) in [4.78, 5) is 0. The lowest BCUT2D eigenvalue weighted by atomic mass is 9.76. The minimum absolute atomic E-state index is 0.0317. The van der Waals surface area contributed by atoms with E-state index in [0.717, 1.165) is 12.3 Å². The van der Waals surface area contributed by atoms with E-state index in [4.69, 9.17) is 14.2 Å². The summed E-state index contributed by atoms with van der Waals surface area (Å²) in [7, 11) is 0. The summed E-state index contributed by atoms with van der Waals surface area (Å²) in [6.45, 7) is 4.28. The van der Waals surface area contributed by atoms with Crippen molar-refractivity contribution in [2.45, 2.75) is 77.7 Å². The molecule has 3 nitrogen and oxygen atoms in total. The lowest BCUT2D eigenvalue weighted by Gasteiger charge is -2.33. The van der Waals surface area contributed by atoms with Crippen LogP contribution in [0.3, 0.4) is 0 Å². The lowest BCUT2D eigenvalue weighted by Crippen LogP contribution is -2.20. The van der Waals surface area contributed by atoms with Crippen molar-refractivity contribution in [1.29, 1.82) is 0 Å². The topological polar surface area (TPSA) is 27.7 Å². The van der Waals surface area contributed by atoms with Gasteiger partial charge in [0.1, 0.15) is 6.10 Å². The SMILES string of the molecule is CCCC1CCC(C2=COC(c3cc4c(c(F)c3F)Oc3c(ccc(OCC)c3F)C4)CC2)CC1. The number of ether oxygens (including phenoxy) is 3. The van der Waals surface area contributed by atoms with Gasteiger partial charge in [-0.05, 0) is 75.0 Å². The fourth-order valence-corrected chi connectivity index (χ4v) is 5.92. The Balaban J connectivity index is 1.33. The second-order valence-electron chi connectivity index (χ2n) is 10.0. The predicted molar refractivity (Wildman–Crippen MR) is 128 cm³/mol. The van der Waals surface area contributed by atoms with Gasteiger partial charge in [0.15, 0.2) is 23.1 Å². The Labute approximate surface area is 205 Å². The van der Waals surface area contributed by atoms with Gasteiger partial charge >= 0.3 is 0 Å². The van der Waals surface area contributed by atoms with Crippen molar-refractivity contribution in [3.8, 4) is 17.2 Å². The van der Waals surface area contributed by atoms with Crippen LogP contribution in [0.15, 0.2) is 30.0 Å². The summed E-state index contributed by atoms with van der Waals surface area (Å²) in [5, 5.41) is 0. The monoisotopic (exact) mass is 486 g/mol. The molecule has 2 aliphatic heterocycles. The van der Waals surface area contributed by atoms with E-state index >= 15 is 8.78 Å². The Hall–Kier alpha value is -2.63. The third-order valence-corrected chi connectivity index (χ3v) is 7.79. The molecule has 1 unspecified atom stereocenters. The third-order valence-electron chi connectivity index (χ3n) is 7.79. The van der Waals surface area contributed by atoms with Crippen LogP contribution in [0.25, 0.3) is 0 Å². The normalized spacial score (nSPS) is 23.5. The summed E-state index contributed by atoms with van der Waals surface area (Å²) in [6, 6.07) is 4.86. The van der Waals surface area contributed by atoms with Crippen molar-refractivity contribution in [2.75, 3.05) is 6.61 Å². The van der Waals surface area contributed by atoms with E-state index in [1.54, 1.807) is 31.4 Å². The molecule has 0 saturated heterocycles. The number of fused-ring (bicyclic) bond motifs is 2. The average Bonchev–Trinajstić information content (AvgIpc) is 2.88. The molecular formula is C29H33F3O3. The van der Waals surface area contributed by atoms with Gasteiger partial charge in [-0.15, -0.1) is 0 Å². The molecular weight excluding hydrogens is 453 g/mol. The predicted octanol–water partition coefficient (Wildman–Crippen LogP) is 8.54. The molecule has 188 valence electrons. The number of rotatable bonds is 6. The average molecular weight is 487 g/mol. The number of allylic oxidation sites excluding steroid dienone is 1. The summed E-state index contributed by atoms with van der Waals surface area (Å²) in [5.74, 6) is -1.75. The van der Waals surface area contributed by atoms with Gasteiger partial charge in [0.2, 0.25) is 11.6 Å². The van der Waals surface area contributed by atoms with Crippen LogP contribution in [0, 0.1) is 29.3 Å². The van der Waals surface area contributed by atoms with Crippen LogP contribution in [0.1, 0.15) is 88.0 Å². The zero-order valence-electron chi connectivity index (χ0n) is 20.5. The minimum atomic E-state index is -1.10. The lowest BCUT2D eigenvalue weighted by molar-refractivity contribution is 0.108. The third kappa shape index (κ3) is 4.64. The molecule has 0 aromatic heterocycles. The van der Waals surface area contributed by atoms with E-state index in [9.17, 15) is 4.39 Å². The van der Waals surface area contributed by atoms with E-state index in [-0.39, 0.29) is 35.8 Å². The van der Waals surface area contributed by atoms with Crippen molar-refractivity contribution >= 4 is 0 Å². The molecule has 35 heavy (non-hydrogen) atoms. The van der Waals surface area contributed by atoms with Crippen molar-refractivity contribution in [1.82, 2.24) is 0 Å². The second kappa shape index (κ2) is 10.2. The Morgan fingerprint density at radius 2 is 1.69 bits per heavy atom. The van der Waals surface area contributed by atoms with Crippen LogP contribution in [0.5, 0.6) is 17.2 Å². The van der Waals surface area contributed by atoms with Gasteiger partial charge in [-0.3, -0.25) is 0 Å². The van der Waals surface area contributed by atoms with E-state index in [1.165, 1.54) is 44.1 Å². The van der Waals surface area contributed by atoms with Gasteiger partial charge in [0.25, 0.3) is 0 Å².